The topological polar surface area (TPSA) is 71.8 Å². The van der Waals surface area contributed by atoms with Gasteiger partial charge in [0.2, 0.25) is 0 Å². The molecule has 0 fully saturated rings. The number of aliphatic hydroxyl groups excluding tert-OH is 2. The molecule has 2 atom stereocenters. The van der Waals surface area contributed by atoms with Crippen LogP contribution in [0.5, 0.6) is 5.75 Å². The first-order chi connectivity index (χ1) is 16.1. The van der Waals surface area contributed by atoms with Crippen LogP contribution >= 0.6 is 11.6 Å². The van der Waals surface area contributed by atoms with Crippen LogP contribution in [0.25, 0.3) is 0 Å². The summed E-state index contributed by atoms with van der Waals surface area (Å²) in [6, 6.07) is 11.9. The van der Waals surface area contributed by atoms with E-state index >= 15 is 0 Å². The molecule has 2 heterocycles. The van der Waals surface area contributed by atoms with E-state index in [1.54, 1.807) is 12.1 Å². The van der Waals surface area contributed by atoms with E-state index in [1.807, 2.05) is 40.1 Å². The van der Waals surface area contributed by atoms with Crippen molar-refractivity contribution in [3.63, 3.8) is 0 Å². The summed E-state index contributed by atoms with van der Waals surface area (Å²) >= 11 is 6.01. The van der Waals surface area contributed by atoms with Crippen LogP contribution in [0.15, 0.2) is 65.4 Å². The number of rotatable bonds is 7. The second-order valence-electron chi connectivity index (χ2n) is 8.14. The van der Waals surface area contributed by atoms with Crippen LogP contribution in [0.4, 0.5) is 13.2 Å². The van der Waals surface area contributed by atoms with Gasteiger partial charge in [0.25, 0.3) is 6.35 Å². The average molecular weight is 497 g/mol. The number of alkyl halides is 3. The lowest BCUT2D eigenvalue weighted by Crippen LogP contribution is -2.46. The predicted molar refractivity (Wildman–Crippen MR) is 121 cm³/mol. The molecule has 7 nitrogen and oxygen atoms in total. The molecule has 2 aliphatic heterocycles. The van der Waals surface area contributed by atoms with Crippen LogP contribution in [-0.4, -0.2) is 70.1 Å². The fourth-order valence-corrected chi connectivity index (χ4v) is 3.94. The Morgan fingerprint density at radius 3 is 2.62 bits per heavy atom. The zero-order valence-electron chi connectivity index (χ0n) is 18.3. The summed E-state index contributed by atoms with van der Waals surface area (Å²) in [6.07, 6.45) is -4.52. The van der Waals surface area contributed by atoms with Gasteiger partial charge in [0.15, 0.2) is 5.84 Å². The van der Waals surface area contributed by atoms with Crippen molar-refractivity contribution < 1.29 is 28.1 Å². The standard InChI is InChI=1S/C23H24ClF3N4O3/c1-29-14-30(11-18(33)13-32)12-20-21(29)28-22(31(20)10-15-5-7-17(24)8-6-15)34-19-4-2-3-16(9-19)23(25,26)27/h2-9,12,18,22,32-33H,10-11,13-14H2,1H3. The van der Waals surface area contributed by atoms with E-state index in [9.17, 15) is 23.4 Å². The van der Waals surface area contributed by atoms with Gasteiger partial charge in [-0.2, -0.15) is 13.2 Å². The minimum Gasteiger partial charge on any atom is -0.450 e. The maximum Gasteiger partial charge on any atom is 0.416 e. The highest BCUT2D eigenvalue weighted by atomic mass is 35.5. The summed E-state index contributed by atoms with van der Waals surface area (Å²) in [5.41, 5.74) is 0.776. The molecule has 0 aromatic heterocycles. The largest absolute Gasteiger partial charge is 0.450 e. The monoisotopic (exact) mass is 496 g/mol. The third kappa shape index (κ3) is 5.40. The molecule has 0 bridgehead atoms. The van der Waals surface area contributed by atoms with Crippen LogP contribution in [0.2, 0.25) is 5.02 Å². The van der Waals surface area contributed by atoms with E-state index in [4.69, 9.17) is 16.3 Å². The van der Waals surface area contributed by atoms with E-state index in [2.05, 4.69) is 4.99 Å². The first-order valence-electron chi connectivity index (χ1n) is 10.5. The molecule has 2 N–H and O–H groups in total. The number of likely N-dealkylation sites (N-methyl/N-ethyl adjacent to an activating group) is 1. The maximum atomic E-state index is 13.2. The summed E-state index contributed by atoms with van der Waals surface area (Å²) in [5, 5.41) is 19.7. The zero-order valence-corrected chi connectivity index (χ0v) is 19.0. The van der Waals surface area contributed by atoms with Gasteiger partial charge >= 0.3 is 6.18 Å². The highest BCUT2D eigenvalue weighted by Crippen LogP contribution is 2.34. The van der Waals surface area contributed by atoms with E-state index in [1.165, 1.54) is 12.1 Å². The summed E-state index contributed by atoms with van der Waals surface area (Å²) in [7, 11) is 1.82. The number of halogens is 4. The molecule has 0 radical (unpaired) electrons. The Hall–Kier alpha value is -2.95. The summed E-state index contributed by atoms with van der Waals surface area (Å²) < 4.78 is 45.5. The van der Waals surface area contributed by atoms with Crippen molar-refractivity contribution >= 4 is 17.4 Å². The minimum atomic E-state index is -4.49. The molecule has 11 heteroatoms. The lowest BCUT2D eigenvalue weighted by atomic mass is 10.2. The molecule has 0 spiro atoms. The highest BCUT2D eigenvalue weighted by Gasteiger charge is 2.38. The first kappa shape index (κ1) is 24.2. The van der Waals surface area contributed by atoms with Crippen molar-refractivity contribution in [2.24, 2.45) is 4.99 Å². The maximum absolute atomic E-state index is 13.2. The summed E-state index contributed by atoms with van der Waals surface area (Å²) in [6.45, 7) is 0.583. The Balaban J connectivity index is 1.66. The summed E-state index contributed by atoms with van der Waals surface area (Å²) in [5.74, 6) is 0.653. The van der Waals surface area contributed by atoms with Crippen molar-refractivity contribution in [1.29, 1.82) is 0 Å². The number of benzene rings is 2. The van der Waals surface area contributed by atoms with Gasteiger partial charge in [-0.25, -0.2) is 4.99 Å². The number of aliphatic hydroxyl groups is 2. The Morgan fingerprint density at radius 2 is 1.94 bits per heavy atom. The molecule has 0 aliphatic carbocycles. The van der Waals surface area contributed by atoms with E-state index < -0.39 is 24.2 Å². The Labute approximate surface area is 199 Å². The third-order valence-corrected chi connectivity index (χ3v) is 5.68. The van der Waals surface area contributed by atoms with Crippen molar-refractivity contribution in [2.45, 2.75) is 25.2 Å². The van der Waals surface area contributed by atoms with Gasteiger partial charge in [0, 0.05) is 31.4 Å². The average Bonchev–Trinajstić information content (AvgIpc) is 3.12. The van der Waals surface area contributed by atoms with Crippen molar-refractivity contribution in [3.05, 3.63) is 76.6 Å². The second-order valence-corrected chi connectivity index (χ2v) is 8.57. The molecule has 0 amide bonds. The second kappa shape index (κ2) is 9.73. The van der Waals surface area contributed by atoms with Gasteiger partial charge < -0.3 is 29.6 Å². The van der Waals surface area contributed by atoms with E-state index in [0.717, 1.165) is 17.7 Å². The molecule has 2 aromatic rings. The van der Waals surface area contributed by atoms with Crippen molar-refractivity contribution in [3.8, 4) is 5.75 Å². The lowest BCUT2D eigenvalue weighted by Gasteiger charge is -2.36. The number of β-amino-alcohol motifs (C(OH)–C–C–N with tert-alkyl or cyclic N) is 1. The predicted octanol–water partition coefficient (Wildman–Crippen LogP) is 3.34. The number of ether oxygens (including phenoxy) is 1. The first-order valence-corrected chi connectivity index (χ1v) is 10.9. The Morgan fingerprint density at radius 1 is 1.21 bits per heavy atom. The van der Waals surface area contributed by atoms with Gasteiger partial charge in [0.05, 0.1) is 24.9 Å². The lowest BCUT2D eigenvalue weighted by molar-refractivity contribution is -0.137. The zero-order chi connectivity index (χ0) is 24.5. The van der Waals surface area contributed by atoms with Gasteiger partial charge in [-0.05, 0) is 35.9 Å². The van der Waals surface area contributed by atoms with Crippen molar-refractivity contribution in [2.75, 3.05) is 26.9 Å². The molecule has 34 heavy (non-hydrogen) atoms. The van der Waals surface area contributed by atoms with Crippen LogP contribution in [0, 0.1) is 0 Å². The number of hydrogen-bond donors (Lipinski definition) is 2. The molecule has 2 aromatic carbocycles. The molecule has 182 valence electrons. The van der Waals surface area contributed by atoms with Gasteiger partial charge in [-0.15, -0.1) is 0 Å². The van der Waals surface area contributed by atoms with Crippen molar-refractivity contribution in [1.82, 2.24) is 14.7 Å². The molecular formula is C23H24ClF3N4O3. The molecule has 2 unspecified atom stereocenters. The number of fused-ring (bicyclic) bond motifs is 1. The molecular weight excluding hydrogens is 473 g/mol. The van der Waals surface area contributed by atoms with Crippen LogP contribution in [0.3, 0.4) is 0 Å². The van der Waals surface area contributed by atoms with E-state index in [-0.39, 0.29) is 18.9 Å². The third-order valence-electron chi connectivity index (χ3n) is 5.42. The smallest absolute Gasteiger partial charge is 0.416 e. The van der Waals surface area contributed by atoms with Gasteiger partial charge in [-0.3, -0.25) is 0 Å². The van der Waals surface area contributed by atoms with E-state index in [0.29, 0.717) is 29.8 Å². The normalized spacial score (nSPS) is 19.0. The van der Waals surface area contributed by atoms with Gasteiger partial charge in [0.1, 0.15) is 11.4 Å². The quantitative estimate of drug-likeness (QED) is 0.613. The van der Waals surface area contributed by atoms with Crippen LogP contribution < -0.4 is 4.74 Å². The SMILES string of the molecule is CN1CN(CC(O)CO)C=C2C1=NC(Oc1cccc(C(F)(F)F)c1)N2Cc1ccc(Cl)cc1. The molecule has 0 saturated carbocycles. The number of amidine groups is 1. The molecule has 4 rings (SSSR count). The van der Waals surface area contributed by atoms with Crippen LogP contribution in [0.1, 0.15) is 11.1 Å². The molecule has 2 aliphatic rings. The number of aliphatic imine (C=N–C) groups is 1. The Kier molecular flexibility index (Phi) is 6.92. The summed E-state index contributed by atoms with van der Waals surface area (Å²) in [4.78, 5) is 10.1. The minimum absolute atomic E-state index is 0.0414. The Bertz CT molecular complexity index is 1080. The van der Waals surface area contributed by atoms with Gasteiger partial charge in [-0.1, -0.05) is 29.8 Å². The number of nitrogens with zero attached hydrogens (tertiary/aromatic N) is 4. The molecule has 0 saturated heterocycles. The van der Waals surface area contributed by atoms with Crippen LogP contribution in [-0.2, 0) is 12.7 Å². The highest BCUT2D eigenvalue weighted by molar-refractivity contribution is 6.30. The number of hydrogen-bond acceptors (Lipinski definition) is 7. The fraction of sp³-hybridized carbons (Fsp3) is 0.348. The fourth-order valence-electron chi connectivity index (χ4n) is 3.81.